The normalized spacial score (nSPS) is 22.5. The maximum absolute atomic E-state index is 12.8. The van der Waals surface area contributed by atoms with Crippen LogP contribution >= 0.6 is 0 Å². The van der Waals surface area contributed by atoms with E-state index in [0.29, 0.717) is 12.2 Å². The lowest BCUT2D eigenvalue weighted by Crippen LogP contribution is -2.53. The van der Waals surface area contributed by atoms with Crippen LogP contribution in [-0.4, -0.2) is 10.8 Å². The topological polar surface area (TPSA) is 62.9 Å². The van der Waals surface area contributed by atoms with Gasteiger partial charge in [0, 0.05) is 12.5 Å². The van der Waals surface area contributed by atoms with E-state index in [-0.39, 0.29) is 12.0 Å². The number of carbonyl (C=O) groups excluding carboxylic acids is 1. The van der Waals surface area contributed by atoms with Gasteiger partial charge in [0.15, 0.2) is 12.4 Å². The Kier molecular flexibility index (Phi) is 2.82. The first kappa shape index (κ1) is 13.5. The van der Waals surface area contributed by atoms with Gasteiger partial charge >= 0.3 is 5.95 Å². The summed E-state index contributed by atoms with van der Waals surface area (Å²) in [6.07, 6.45) is 7.48. The molecule has 2 aromatic heterocycles. The molecule has 1 aromatic carbocycles. The van der Waals surface area contributed by atoms with E-state index in [0.717, 1.165) is 34.7 Å². The number of fused-ring (bicyclic) bond motifs is 4. The summed E-state index contributed by atoms with van der Waals surface area (Å²) in [4.78, 5) is 19.4. The van der Waals surface area contributed by atoms with Crippen LogP contribution in [0, 0.1) is 5.92 Å². The zero-order valence-electron chi connectivity index (χ0n) is 13.1. The number of aromatic nitrogens is 3. The molecule has 1 aliphatic carbocycles. The molecule has 2 aliphatic rings. The number of para-hydroxylation sites is 2. The second-order valence-corrected chi connectivity index (χ2v) is 6.41. The lowest BCUT2D eigenvalue weighted by molar-refractivity contribution is -0.682. The van der Waals surface area contributed by atoms with Crippen LogP contribution in [0.4, 0.5) is 5.95 Å². The molecule has 5 nitrogen and oxygen atoms in total. The van der Waals surface area contributed by atoms with E-state index in [4.69, 9.17) is 0 Å². The number of aromatic amines is 2. The average molecular weight is 318 g/mol. The smallest absolute Gasteiger partial charge is 0.299 e. The van der Waals surface area contributed by atoms with Crippen molar-refractivity contribution in [3.8, 4) is 0 Å². The molecular formula is C19H18N4O+2. The summed E-state index contributed by atoms with van der Waals surface area (Å²) >= 11 is 0. The van der Waals surface area contributed by atoms with Gasteiger partial charge in [-0.1, -0.05) is 12.1 Å². The van der Waals surface area contributed by atoms with Crippen molar-refractivity contribution in [3.63, 3.8) is 0 Å². The molecule has 0 radical (unpaired) electrons. The number of allylic oxidation sites excluding steroid dienone is 2. The van der Waals surface area contributed by atoms with Gasteiger partial charge in [-0.2, -0.15) is 0 Å². The second-order valence-electron chi connectivity index (χ2n) is 6.41. The molecule has 0 amide bonds. The number of ketones is 1. The van der Waals surface area contributed by atoms with Crippen LogP contribution in [-0.2, 0) is 4.79 Å². The van der Waals surface area contributed by atoms with Crippen LogP contribution in [0.1, 0.15) is 24.4 Å². The van der Waals surface area contributed by atoms with Crippen LogP contribution in [0.5, 0.6) is 0 Å². The quantitative estimate of drug-likeness (QED) is 0.675. The molecule has 3 N–H and O–H groups in total. The van der Waals surface area contributed by atoms with Gasteiger partial charge in [0.05, 0.1) is 11.3 Å². The van der Waals surface area contributed by atoms with Gasteiger partial charge in [0.25, 0.3) is 0 Å². The van der Waals surface area contributed by atoms with Gasteiger partial charge in [-0.3, -0.25) is 4.79 Å². The first-order chi connectivity index (χ1) is 11.8. The highest BCUT2D eigenvalue weighted by Gasteiger charge is 2.46. The number of Topliss-reactive ketones (excluding diaryl/α,β-unsaturated/α-hetero) is 1. The third kappa shape index (κ3) is 1.84. The minimum Gasteiger partial charge on any atom is -0.299 e. The fourth-order valence-electron chi connectivity index (χ4n) is 4.00. The van der Waals surface area contributed by atoms with Crippen molar-refractivity contribution in [3.05, 3.63) is 66.1 Å². The van der Waals surface area contributed by atoms with E-state index in [1.165, 1.54) is 0 Å². The Morgan fingerprint density at radius 2 is 2.08 bits per heavy atom. The fourth-order valence-corrected chi connectivity index (χ4v) is 4.00. The minimum absolute atomic E-state index is 0.0473. The van der Waals surface area contributed by atoms with Crippen molar-refractivity contribution in [1.82, 2.24) is 4.98 Å². The van der Waals surface area contributed by atoms with Crippen LogP contribution in [0.25, 0.3) is 11.0 Å². The number of benzene rings is 1. The van der Waals surface area contributed by atoms with Gasteiger partial charge < -0.3 is 0 Å². The third-order valence-corrected chi connectivity index (χ3v) is 5.02. The molecule has 3 aromatic rings. The summed E-state index contributed by atoms with van der Waals surface area (Å²) in [5.41, 5.74) is 4.30. The fraction of sp³-hybridized carbons (Fsp3) is 0.211. The van der Waals surface area contributed by atoms with Crippen molar-refractivity contribution in [2.75, 3.05) is 5.32 Å². The number of anilines is 1. The highest BCUT2D eigenvalue weighted by atomic mass is 16.1. The van der Waals surface area contributed by atoms with Gasteiger partial charge in [-0.15, -0.1) is 0 Å². The molecule has 2 unspecified atom stereocenters. The Bertz CT molecular complexity index is 973. The SMILES string of the molecule is O=C1CCC=C2Nc3[nH]c4ccccc4[n+]3C(c3ccc[nH+]c3)C12. The Morgan fingerprint density at radius 1 is 1.17 bits per heavy atom. The monoisotopic (exact) mass is 318 g/mol. The van der Waals surface area contributed by atoms with Crippen molar-refractivity contribution in [2.24, 2.45) is 5.92 Å². The highest BCUT2D eigenvalue weighted by Crippen LogP contribution is 2.38. The molecule has 5 rings (SSSR count). The molecule has 0 fully saturated rings. The van der Waals surface area contributed by atoms with E-state index in [1.54, 1.807) is 0 Å². The van der Waals surface area contributed by atoms with Crippen molar-refractivity contribution in [2.45, 2.75) is 18.9 Å². The number of H-pyrrole nitrogens is 2. The van der Waals surface area contributed by atoms with Crippen LogP contribution in [0.3, 0.4) is 0 Å². The van der Waals surface area contributed by atoms with Crippen LogP contribution in [0.15, 0.2) is 60.6 Å². The summed E-state index contributed by atoms with van der Waals surface area (Å²) in [7, 11) is 0. The molecule has 2 atom stereocenters. The Morgan fingerprint density at radius 3 is 2.96 bits per heavy atom. The van der Waals surface area contributed by atoms with Crippen molar-refractivity contribution < 1.29 is 14.3 Å². The summed E-state index contributed by atoms with van der Waals surface area (Å²) in [5, 5.41) is 3.46. The minimum atomic E-state index is -0.161. The van der Waals surface area contributed by atoms with E-state index in [2.05, 4.69) is 44.1 Å². The number of nitrogens with zero attached hydrogens (tertiary/aromatic N) is 1. The lowest BCUT2D eigenvalue weighted by Gasteiger charge is -2.32. The summed E-state index contributed by atoms with van der Waals surface area (Å²) < 4.78 is 2.23. The standard InChI is InChI=1S/C19H16N4O/c24-16-9-3-7-14-17(16)18(12-5-4-10-20-11-12)23-15-8-2-1-6-13(15)21-19(23)22-14/h1-2,4-8,10-11,17-18H,3,9H2,(H,21,22)/p+2. The number of rotatable bonds is 1. The zero-order valence-corrected chi connectivity index (χ0v) is 13.1. The number of carbonyl (C=O) groups is 1. The molecule has 24 heavy (non-hydrogen) atoms. The third-order valence-electron chi connectivity index (χ3n) is 5.02. The first-order valence-electron chi connectivity index (χ1n) is 8.31. The van der Waals surface area contributed by atoms with Crippen molar-refractivity contribution in [1.29, 1.82) is 0 Å². The molecule has 1 aliphatic heterocycles. The Balaban J connectivity index is 1.82. The maximum Gasteiger partial charge on any atom is 0.361 e. The van der Waals surface area contributed by atoms with Gasteiger partial charge in [-0.25, -0.2) is 19.9 Å². The lowest BCUT2D eigenvalue weighted by atomic mass is 9.81. The maximum atomic E-state index is 12.8. The molecule has 0 saturated heterocycles. The predicted molar refractivity (Wildman–Crippen MR) is 89.1 cm³/mol. The predicted octanol–water partition coefficient (Wildman–Crippen LogP) is 2.15. The highest BCUT2D eigenvalue weighted by molar-refractivity contribution is 5.87. The molecule has 0 spiro atoms. The zero-order chi connectivity index (χ0) is 16.1. The Labute approximate surface area is 139 Å². The number of nitrogens with one attached hydrogen (secondary N) is 3. The average Bonchev–Trinajstić information content (AvgIpc) is 2.99. The van der Waals surface area contributed by atoms with E-state index in [1.807, 2.05) is 30.6 Å². The number of hydrogen-bond acceptors (Lipinski definition) is 2. The summed E-state index contributed by atoms with van der Waals surface area (Å²) in [5.74, 6) is 1.07. The van der Waals surface area contributed by atoms with Gasteiger partial charge in [0.2, 0.25) is 0 Å². The van der Waals surface area contributed by atoms with Crippen LogP contribution in [0.2, 0.25) is 0 Å². The molecule has 5 heteroatoms. The van der Waals surface area contributed by atoms with Gasteiger partial charge in [0.1, 0.15) is 28.8 Å². The summed E-state index contributed by atoms with van der Waals surface area (Å²) in [6, 6.07) is 12.2. The molecule has 0 bridgehead atoms. The number of hydrogen-bond donors (Lipinski definition) is 2. The first-order valence-corrected chi connectivity index (χ1v) is 8.31. The molecule has 3 heterocycles. The second kappa shape index (κ2) is 5.03. The van der Waals surface area contributed by atoms with E-state index in [9.17, 15) is 4.79 Å². The number of pyridine rings is 1. The Hall–Kier alpha value is -2.95. The molecular weight excluding hydrogens is 300 g/mol. The largest absolute Gasteiger partial charge is 0.361 e. The molecule has 0 saturated carbocycles. The van der Waals surface area contributed by atoms with E-state index >= 15 is 0 Å². The summed E-state index contributed by atoms with van der Waals surface area (Å²) in [6.45, 7) is 0. The van der Waals surface area contributed by atoms with E-state index < -0.39 is 0 Å². The molecule has 118 valence electrons. The number of imidazole rings is 1. The van der Waals surface area contributed by atoms with Gasteiger partial charge in [-0.05, 0) is 30.7 Å². The van der Waals surface area contributed by atoms with Crippen molar-refractivity contribution >= 4 is 22.8 Å². The van der Waals surface area contributed by atoms with Crippen LogP contribution < -0.4 is 14.9 Å².